The van der Waals surface area contributed by atoms with Crippen molar-refractivity contribution >= 4 is 35.2 Å². The van der Waals surface area contributed by atoms with E-state index in [0.29, 0.717) is 6.04 Å². The fraction of sp³-hybridized carbons (Fsp3) is 0.333. The van der Waals surface area contributed by atoms with Crippen LogP contribution < -0.4 is 5.32 Å². The lowest BCUT2D eigenvalue weighted by Crippen LogP contribution is -2.26. The minimum atomic E-state index is -1.06. The molecule has 0 radical (unpaired) electrons. The summed E-state index contributed by atoms with van der Waals surface area (Å²) in [5, 5.41) is 12.0. The maximum absolute atomic E-state index is 11.5. The molecule has 1 saturated carbocycles. The molecule has 0 unspecified atom stereocenters. The molecular weight excluding hydrogens is 274 g/mol. The Morgan fingerprint density at radius 1 is 1.44 bits per heavy atom. The van der Waals surface area contributed by atoms with Gasteiger partial charge in [-0.15, -0.1) is 11.8 Å². The van der Waals surface area contributed by atoms with Crippen LogP contribution in [0.2, 0.25) is 5.02 Å². The number of hydrogen-bond donors (Lipinski definition) is 2. The predicted molar refractivity (Wildman–Crippen MR) is 70.3 cm³/mol. The zero-order valence-electron chi connectivity index (χ0n) is 9.48. The second kappa shape index (κ2) is 5.63. The van der Waals surface area contributed by atoms with Crippen molar-refractivity contribution in [1.82, 2.24) is 5.32 Å². The van der Waals surface area contributed by atoms with Gasteiger partial charge < -0.3 is 10.4 Å². The van der Waals surface area contributed by atoms with Gasteiger partial charge in [-0.25, -0.2) is 4.79 Å². The highest BCUT2D eigenvalue weighted by atomic mass is 35.5. The summed E-state index contributed by atoms with van der Waals surface area (Å²) >= 11 is 7.07. The van der Waals surface area contributed by atoms with Crippen LogP contribution in [0, 0.1) is 0 Å². The number of carboxylic acids is 1. The van der Waals surface area contributed by atoms with Gasteiger partial charge in [0.05, 0.1) is 16.3 Å². The number of carbonyl (C=O) groups excluding carboxylic acids is 1. The SMILES string of the molecule is O=C(CSc1ccc(Cl)c(C(=O)O)c1)NC1CC1. The molecule has 0 bridgehead atoms. The van der Waals surface area contributed by atoms with Gasteiger partial charge in [-0.05, 0) is 31.0 Å². The predicted octanol–water partition coefficient (Wildman–Crippen LogP) is 2.41. The third kappa shape index (κ3) is 3.65. The monoisotopic (exact) mass is 285 g/mol. The molecule has 1 amide bonds. The molecule has 0 aliphatic heterocycles. The maximum atomic E-state index is 11.5. The van der Waals surface area contributed by atoms with Crippen molar-refractivity contribution in [2.24, 2.45) is 0 Å². The lowest BCUT2D eigenvalue weighted by atomic mass is 10.2. The second-order valence-electron chi connectivity index (χ2n) is 4.08. The molecular formula is C12H12ClNO3S. The van der Waals surface area contributed by atoms with Gasteiger partial charge in [0.2, 0.25) is 5.91 Å². The van der Waals surface area contributed by atoms with Gasteiger partial charge >= 0.3 is 5.97 Å². The van der Waals surface area contributed by atoms with Crippen LogP contribution in [0.1, 0.15) is 23.2 Å². The van der Waals surface area contributed by atoms with Crippen LogP contribution >= 0.6 is 23.4 Å². The average Bonchev–Trinajstić information content (AvgIpc) is 3.11. The van der Waals surface area contributed by atoms with Gasteiger partial charge in [0.25, 0.3) is 0 Å². The van der Waals surface area contributed by atoms with Crippen LogP contribution in [0.15, 0.2) is 23.1 Å². The number of thioether (sulfide) groups is 1. The summed E-state index contributed by atoms with van der Waals surface area (Å²) in [6, 6.07) is 5.08. The van der Waals surface area contributed by atoms with Crippen LogP contribution in [0.25, 0.3) is 0 Å². The minimum Gasteiger partial charge on any atom is -0.478 e. The van der Waals surface area contributed by atoms with Gasteiger partial charge in [-0.3, -0.25) is 4.79 Å². The Kier molecular flexibility index (Phi) is 4.14. The second-order valence-corrected chi connectivity index (χ2v) is 5.53. The van der Waals surface area contributed by atoms with Crippen molar-refractivity contribution < 1.29 is 14.7 Å². The number of carboxylic acid groups (broad SMARTS) is 1. The van der Waals surface area contributed by atoms with E-state index in [9.17, 15) is 9.59 Å². The summed E-state index contributed by atoms with van der Waals surface area (Å²) in [7, 11) is 0. The van der Waals surface area contributed by atoms with E-state index < -0.39 is 5.97 Å². The number of benzene rings is 1. The number of aromatic carboxylic acids is 1. The first-order chi connectivity index (χ1) is 8.56. The smallest absolute Gasteiger partial charge is 0.337 e. The molecule has 96 valence electrons. The Balaban J connectivity index is 1.94. The van der Waals surface area contributed by atoms with Crippen molar-refractivity contribution in [3.8, 4) is 0 Å². The first kappa shape index (κ1) is 13.2. The molecule has 0 saturated heterocycles. The largest absolute Gasteiger partial charge is 0.478 e. The molecule has 0 atom stereocenters. The number of nitrogens with one attached hydrogen (secondary N) is 1. The van der Waals surface area contributed by atoms with E-state index in [2.05, 4.69) is 5.32 Å². The van der Waals surface area contributed by atoms with Gasteiger partial charge in [0.15, 0.2) is 0 Å². The quantitative estimate of drug-likeness (QED) is 0.816. The molecule has 0 heterocycles. The molecule has 2 rings (SSSR count). The van der Waals surface area contributed by atoms with Crippen LogP contribution in [0.5, 0.6) is 0 Å². The average molecular weight is 286 g/mol. The lowest BCUT2D eigenvalue weighted by molar-refractivity contribution is -0.118. The van der Waals surface area contributed by atoms with Crippen LogP contribution in [-0.4, -0.2) is 28.8 Å². The van der Waals surface area contributed by atoms with Crippen molar-refractivity contribution in [1.29, 1.82) is 0 Å². The normalized spacial score (nSPS) is 14.3. The summed E-state index contributed by atoms with van der Waals surface area (Å²) < 4.78 is 0. The van der Waals surface area contributed by atoms with Crippen molar-refractivity contribution in [3.05, 3.63) is 28.8 Å². The van der Waals surface area contributed by atoms with Crippen LogP contribution in [0.4, 0.5) is 0 Å². The summed E-state index contributed by atoms with van der Waals surface area (Å²) in [6.45, 7) is 0. The third-order valence-electron chi connectivity index (χ3n) is 2.48. The zero-order valence-corrected chi connectivity index (χ0v) is 11.1. The van der Waals surface area contributed by atoms with Crippen molar-refractivity contribution in [2.75, 3.05) is 5.75 Å². The molecule has 6 heteroatoms. The zero-order chi connectivity index (χ0) is 13.1. The van der Waals surface area contributed by atoms with E-state index in [1.807, 2.05) is 0 Å². The summed E-state index contributed by atoms with van der Waals surface area (Å²) in [5.74, 6) is -0.795. The lowest BCUT2D eigenvalue weighted by Gasteiger charge is -2.05. The van der Waals surface area contributed by atoms with Crippen molar-refractivity contribution in [2.45, 2.75) is 23.8 Å². The molecule has 2 N–H and O–H groups in total. The van der Waals surface area contributed by atoms with Crippen molar-refractivity contribution in [3.63, 3.8) is 0 Å². The molecule has 18 heavy (non-hydrogen) atoms. The number of hydrogen-bond acceptors (Lipinski definition) is 3. The molecule has 0 spiro atoms. The van der Waals surface area contributed by atoms with Crippen LogP contribution in [0.3, 0.4) is 0 Å². The Morgan fingerprint density at radius 3 is 2.78 bits per heavy atom. The fourth-order valence-corrected chi connectivity index (χ4v) is 2.35. The topological polar surface area (TPSA) is 66.4 Å². The number of carbonyl (C=O) groups is 2. The highest BCUT2D eigenvalue weighted by molar-refractivity contribution is 8.00. The van der Waals surface area contributed by atoms with Gasteiger partial charge in [0.1, 0.15) is 0 Å². The number of halogens is 1. The highest BCUT2D eigenvalue weighted by Gasteiger charge is 2.23. The Hall–Kier alpha value is -1.20. The third-order valence-corrected chi connectivity index (χ3v) is 3.80. The number of rotatable bonds is 5. The van der Waals surface area contributed by atoms with E-state index in [0.717, 1.165) is 17.7 Å². The van der Waals surface area contributed by atoms with Gasteiger partial charge in [0, 0.05) is 10.9 Å². The van der Waals surface area contributed by atoms with E-state index >= 15 is 0 Å². The Labute approximate surface area is 114 Å². The molecule has 1 aliphatic rings. The highest BCUT2D eigenvalue weighted by Crippen LogP contribution is 2.25. The van der Waals surface area contributed by atoms with Gasteiger partial charge in [-0.2, -0.15) is 0 Å². The molecule has 1 aromatic carbocycles. The molecule has 4 nitrogen and oxygen atoms in total. The van der Waals surface area contributed by atoms with E-state index in [4.69, 9.17) is 16.7 Å². The summed E-state index contributed by atoms with van der Waals surface area (Å²) in [4.78, 5) is 23.1. The van der Waals surface area contributed by atoms with Crippen LogP contribution in [-0.2, 0) is 4.79 Å². The summed E-state index contributed by atoms with van der Waals surface area (Å²) in [5.41, 5.74) is 0.0595. The Morgan fingerprint density at radius 2 is 2.17 bits per heavy atom. The molecule has 1 aliphatic carbocycles. The van der Waals surface area contributed by atoms with Gasteiger partial charge in [-0.1, -0.05) is 11.6 Å². The number of amides is 1. The van der Waals surface area contributed by atoms with E-state index in [1.165, 1.54) is 23.9 Å². The van der Waals surface area contributed by atoms with E-state index in [-0.39, 0.29) is 22.2 Å². The molecule has 0 aromatic heterocycles. The molecule has 1 aromatic rings. The van der Waals surface area contributed by atoms with E-state index in [1.54, 1.807) is 6.07 Å². The first-order valence-electron chi connectivity index (χ1n) is 5.51. The summed E-state index contributed by atoms with van der Waals surface area (Å²) in [6.07, 6.45) is 2.11. The first-order valence-corrected chi connectivity index (χ1v) is 6.87. The maximum Gasteiger partial charge on any atom is 0.337 e. The standard InChI is InChI=1S/C12H12ClNO3S/c13-10-4-3-8(5-9(10)12(16)17)18-6-11(15)14-7-1-2-7/h3-5,7H,1-2,6H2,(H,14,15)(H,16,17). The Bertz CT molecular complexity index is 488. The fourth-order valence-electron chi connectivity index (χ4n) is 1.40. The minimum absolute atomic E-state index is 0.0191. The molecule has 1 fully saturated rings.